The molecule has 0 aliphatic rings. The van der Waals surface area contributed by atoms with E-state index in [2.05, 4.69) is 15.6 Å². The van der Waals surface area contributed by atoms with Crippen LogP contribution in [-0.2, 0) is 13.0 Å². The van der Waals surface area contributed by atoms with Crippen LogP contribution in [0, 0.1) is 0 Å². The lowest BCUT2D eigenvalue weighted by atomic mass is 10.2. The topological polar surface area (TPSA) is 97.1 Å². The molecule has 20 heavy (non-hydrogen) atoms. The maximum Gasteiger partial charge on any atom is 0.358 e. The largest absolute Gasteiger partial charge is 0.476 e. The Balaban J connectivity index is 1.86. The summed E-state index contributed by atoms with van der Waals surface area (Å²) in [4.78, 5) is 23.3. The zero-order chi connectivity index (χ0) is 14.5. The molecule has 2 N–H and O–H groups in total. The lowest BCUT2D eigenvalue weighted by Gasteiger charge is -2.04. The van der Waals surface area contributed by atoms with E-state index in [1.54, 1.807) is 0 Å². The first kappa shape index (κ1) is 14.2. The molecule has 0 radical (unpaired) electrons. The Morgan fingerprint density at radius 1 is 1.50 bits per heavy atom. The molecule has 0 unspecified atom stereocenters. The average molecular weight is 294 g/mol. The number of carboxylic acids is 1. The minimum atomic E-state index is -1.12. The second-order valence-corrected chi connectivity index (χ2v) is 4.97. The zero-order valence-electron chi connectivity index (χ0n) is 10.9. The number of aromatic nitrogens is 3. The van der Waals surface area contributed by atoms with Crippen molar-refractivity contribution >= 4 is 23.2 Å². The summed E-state index contributed by atoms with van der Waals surface area (Å²) in [5.74, 6) is -1.23. The highest BCUT2D eigenvalue weighted by atomic mass is 32.1. The lowest BCUT2D eigenvalue weighted by molar-refractivity contribution is 0.0690. The number of hydrogen-bond donors (Lipinski definition) is 2. The molecule has 8 heteroatoms. The molecule has 2 aromatic rings. The molecule has 0 bridgehead atoms. The summed E-state index contributed by atoms with van der Waals surface area (Å²) in [5, 5.41) is 20.5. The third-order valence-electron chi connectivity index (χ3n) is 2.72. The molecule has 7 nitrogen and oxygen atoms in total. The first-order valence-electron chi connectivity index (χ1n) is 6.09. The number of aromatic carboxylic acids is 1. The van der Waals surface area contributed by atoms with Gasteiger partial charge in [-0.1, -0.05) is 12.1 Å². The van der Waals surface area contributed by atoms with Gasteiger partial charge in [-0.05, 0) is 23.4 Å². The predicted molar refractivity (Wildman–Crippen MR) is 73.0 cm³/mol. The summed E-state index contributed by atoms with van der Waals surface area (Å²) in [6, 6.07) is 1.94. The number of aryl methyl sites for hydroxylation is 1. The van der Waals surface area contributed by atoms with Gasteiger partial charge in [-0.3, -0.25) is 4.79 Å². The van der Waals surface area contributed by atoms with Gasteiger partial charge >= 0.3 is 5.97 Å². The zero-order valence-corrected chi connectivity index (χ0v) is 11.7. The summed E-state index contributed by atoms with van der Waals surface area (Å²) in [6.07, 6.45) is 2.15. The quantitative estimate of drug-likeness (QED) is 0.829. The van der Waals surface area contributed by atoms with Crippen LogP contribution in [0.2, 0.25) is 0 Å². The van der Waals surface area contributed by atoms with Crippen molar-refractivity contribution in [3.63, 3.8) is 0 Å². The third kappa shape index (κ3) is 3.21. The molecule has 0 atom stereocenters. The third-order valence-corrected chi connectivity index (χ3v) is 3.67. The highest BCUT2D eigenvalue weighted by Gasteiger charge is 2.12. The van der Waals surface area contributed by atoms with Crippen LogP contribution >= 0.6 is 11.3 Å². The van der Waals surface area contributed by atoms with E-state index >= 15 is 0 Å². The minimum absolute atomic E-state index is 0.108. The fourth-order valence-corrected chi connectivity index (χ4v) is 2.59. The highest BCUT2D eigenvalue weighted by molar-refractivity contribution is 7.12. The lowest BCUT2D eigenvalue weighted by Crippen LogP contribution is -2.27. The molecule has 0 aliphatic carbocycles. The number of thiophene rings is 1. The Bertz CT molecular complexity index is 620. The maximum absolute atomic E-state index is 11.9. The van der Waals surface area contributed by atoms with Gasteiger partial charge in [0.1, 0.15) is 0 Å². The molecule has 106 valence electrons. The molecule has 1 amide bonds. The first-order chi connectivity index (χ1) is 9.61. The van der Waals surface area contributed by atoms with Crippen LogP contribution < -0.4 is 5.32 Å². The van der Waals surface area contributed by atoms with Crippen molar-refractivity contribution in [2.45, 2.75) is 19.9 Å². The van der Waals surface area contributed by atoms with Gasteiger partial charge in [-0.2, -0.15) is 0 Å². The second-order valence-electron chi connectivity index (χ2n) is 4.06. The number of nitrogens with one attached hydrogen (secondary N) is 1. The fraction of sp³-hybridized carbons (Fsp3) is 0.333. The number of carboxylic acid groups (broad SMARTS) is 1. The molecular formula is C12H14N4O3S. The fourth-order valence-electron chi connectivity index (χ4n) is 1.68. The van der Waals surface area contributed by atoms with Gasteiger partial charge in [-0.15, -0.1) is 16.4 Å². The van der Waals surface area contributed by atoms with Gasteiger partial charge in [0.25, 0.3) is 5.91 Å². The number of carbonyl (C=O) groups excluding carboxylic acids is 1. The minimum Gasteiger partial charge on any atom is -0.476 e. The average Bonchev–Trinajstić information content (AvgIpc) is 3.07. The molecule has 0 saturated heterocycles. The van der Waals surface area contributed by atoms with Crippen molar-refractivity contribution in [3.05, 3.63) is 33.8 Å². The van der Waals surface area contributed by atoms with Crippen molar-refractivity contribution in [1.29, 1.82) is 0 Å². The standard InChI is InChI=1S/C12H14N4O3S/c1-2-8-3-6-20-10(8)11(17)13-4-5-16-7-9(12(18)19)14-15-16/h3,6-7H,2,4-5H2,1H3,(H,13,17)(H,18,19). The van der Waals surface area contributed by atoms with Crippen molar-refractivity contribution in [3.8, 4) is 0 Å². The molecule has 0 aromatic carbocycles. The highest BCUT2D eigenvalue weighted by Crippen LogP contribution is 2.16. The Kier molecular flexibility index (Phi) is 4.46. The molecule has 0 aliphatic heterocycles. The molecule has 0 saturated carbocycles. The van der Waals surface area contributed by atoms with Crippen LogP contribution in [-0.4, -0.2) is 38.5 Å². The van der Waals surface area contributed by atoms with Crippen LogP contribution in [0.25, 0.3) is 0 Å². The molecule has 0 fully saturated rings. The summed E-state index contributed by atoms with van der Waals surface area (Å²) >= 11 is 1.41. The number of carbonyl (C=O) groups is 2. The van der Waals surface area contributed by atoms with Crippen molar-refractivity contribution in [2.75, 3.05) is 6.54 Å². The molecule has 0 spiro atoms. The Morgan fingerprint density at radius 2 is 2.30 bits per heavy atom. The van der Waals surface area contributed by atoms with Gasteiger partial charge in [0.15, 0.2) is 5.69 Å². The Hall–Kier alpha value is -2.22. The SMILES string of the molecule is CCc1ccsc1C(=O)NCCn1cc(C(=O)O)nn1. The molecule has 2 heterocycles. The van der Waals surface area contributed by atoms with Crippen LogP contribution in [0.3, 0.4) is 0 Å². The van der Waals surface area contributed by atoms with Crippen molar-refractivity contribution < 1.29 is 14.7 Å². The van der Waals surface area contributed by atoms with Crippen LogP contribution in [0.5, 0.6) is 0 Å². The summed E-state index contributed by atoms with van der Waals surface area (Å²) in [6.45, 7) is 2.74. The van der Waals surface area contributed by atoms with E-state index in [4.69, 9.17) is 5.11 Å². The predicted octanol–water partition coefficient (Wildman–Crippen LogP) is 1.03. The van der Waals surface area contributed by atoms with E-state index < -0.39 is 5.97 Å². The van der Waals surface area contributed by atoms with Gasteiger partial charge in [0.2, 0.25) is 0 Å². The summed E-state index contributed by atoms with van der Waals surface area (Å²) in [7, 11) is 0. The maximum atomic E-state index is 11.9. The van der Waals surface area contributed by atoms with E-state index in [0.29, 0.717) is 13.1 Å². The number of rotatable bonds is 6. The Morgan fingerprint density at radius 3 is 2.95 bits per heavy atom. The second kappa shape index (κ2) is 6.29. The summed E-state index contributed by atoms with van der Waals surface area (Å²) in [5.41, 5.74) is 0.921. The number of hydrogen-bond acceptors (Lipinski definition) is 5. The van der Waals surface area contributed by atoms with E-state index in [-0.39, 0.29) is 11.6 Å². The van der Waals surface area contributed by atoms with Gasteiger partial charge in [0.05, 0.1) is 17.6 Å². The van der Waals surface area contributed by atoms with Crippen LogP contribution in [0.15, 0.2) is 17.6 Å². The van der Waals surface area contributed by atoms with E-state index in [1.807, 2.05) is 18.4 Å². The number of amides is 1. The number of nitrogens with zero attached hydrogens (tertiary/aromatic N) is 3. The summed E-state index contributed by atoms with van der Waals surface area (Å²) < 4.78 is 1.39. The molecule has 2 aromatic heterocycles. The normalized spacial score (nSPS) is 10.4. The van der Waals surface area contributed by atoms with E-state index in [0.717, 1.165) is 16.9 Å². The van der Waals surface area contributed by atoms with E-state index in [1.165, 1.54) is 22.2 Å². The monoisotopic (exact) mass is 294 g/mol. The van der Waals surface area contributed by atoms with Gasteiger partial charge in [0, 0.05) is 6.54 Å². The first-order valence-corrected chi connectivity index (χ1v) is 6.97. The molecule has 2 rings (SSSR count). The smallest absolute Gasteiger partial charge is 0.358 e. The van der Waals surface area contributed by atoms with Crippen LogP contribution in [0.4, 0.5) is 0 Å². The Labute approximate surface area is 119 Å². The molecular weight excluding hydrogens is 280 g/mol. The van der Waals surface area contributed by atoms with Crippen LogP contribution in [0.1, 0.15) is 32.6 Å². The van der Waals surface area contributed by atoms with Gasteiger partial charge in [-0.25, -0.2) is 9.48 Å². The van der Waals surface area contributed by atoms with Crippen molar-refractivity contribution in [1.82, 2.24) is 20.3 Å². The van der Waals surface area contributed by atoms with Crippen molar-refractivity contribution in [2.24, 2.45) is 0 Å². The van der Waals surface area contributed by atoms with Gasteiger partial charge < -0.3 is 10.4 Å². The van der Waals surface area contributed by atoms with E-state index in [9.17, 15) is 9.59 Å².